The highest BCUT2D eigenvalue weighted by molar-refractivity contribution is 9.10. The van der Waals surface area contributed by atoms with Crippen molar-refractivity contribution in [2.24, 2.45) is 5.92 Å². The summed E-state index contributed by atoms with van der Waals surface area (Å²) in [5.74, 6) is 0.386. The Labute approximate surface area is 129 Å². The molecule has 2 aromatic rings. The molecule has 102 valence electrons. The maximum atomic E-state index is 9.27. The summed E-state index contributed by atoms with van der Waals surface area (Å²) >= 11 is 15.6. The number of imidazole rings is 1. The van der Waals surface area contributed by atoms with Gasteiger partial charge in [0.25, 0.3) is 0 Å². The van der Waals surface area contributed by atoms with E-state index in [-0.39, 0.29) is 6.61 Å². The van der Waals surface area contributed by atoms with Crippen LogP contribution in [0, 0.1) is 5.92 Å². The molecule has 1 aliphatic rings. The number of hydrogen-bond acceptors (Lipinski definition) is 2. The molecule has 2 atom stereocenters. The third-order valence-corrected chi connectivity index (χ3v) is 5.11. The third kappa shape index (κ3) is 2.40. The van der Waals surface area contributed by atoms with Gasteiger partial charge in [0.2, 0.25) is 0 Å². The molecular formula is C13H13BrCl2N2O. The topological polar surface area (TPSA) is 38.0 Å². The van der Waals surface area contributed by atoms with Gasteiger partial charge >= 0.3 is 0 Å². The number of hydrogen-bond donors (Lipinski definition) is 1. The van der Waals surface area contributed by atoms with Crippen LogP contribution in [0.25, 0.3) is 11.0 Å². The molecule has 0 radical (unpaired) electrons. The van der Waals surface area contributed by atoms with E-state index in [0.29, 0.717) is 22.0 Å². The summed E-state index contributed by atoms with van der Waals surface area (Å²) in [6.45, 7) is 0.257. The first-order valence-electron chi connectivity index (χ1n) is 6.23. The van der Waals surface area contributed by atoms with Gasteiger partial charge in [-0.3, -0.25) is 0 Å². The lowest BCUT2D eigenvalue weighted by Gasteiger charge is -2.15. The fourth-order valence-electron chi connectivity index (χ4n) is 2.86. The number of aliphatic hydroxyl groups excluding tert-OH is 1. The standard InChI is InChI=1S/C13H13BrCl2N2O/c14-13-17-11-4-9(15)10(16)5-12(11)18(13)8-2-1-7(3-8)6-19/h4-5,7-8,19H,1-3,6H2/t7-,8+/m1/s1. The van der Waals surface area contributed by atoms with E-state index in [1.54, 1.807) is 6.07 Å². The van der Waals surface area contributed by atoms with Crippen LogP contribution in [0.4, 0.5) is 0 Å². The molecule has 1 saturated carbocycles. The normalized spacial score (nSPS) is 23.4. The zero-order valence-corrected chi connectivity index (χ0v) is 13.2. The highest BCUT2D eigenvalue weighted by Gasteiger charge is 2.28. The molecule has 0 amide bonds. The number of rotatable bonds is 2. The van der Waals surface area contributed by atoms with Crippen molar-refractivity contribution in [1.29, 1.82) is 0 Å². The quantitative estimate of drug-likeness (QED) is 0.856. The SMILES string of the molecule is OC[C@@H]1CC[C@H](n2c(Br)nc3cc(Cl)c(Cl)cc32)C1. The van der Waals surface area contributed by atoms with Crippen LogP contribution in [-0.4, -0.2) is 21.3 Å². The van der Waals surface area contributed by atoms with E-state index >= 15 is 0 Å². The minimum absolute atomic E-state index is 0.257. The molecule has 0 aliphatic heterocycles. The van der Waals surface area contributed by atoms with Crippen molar-refractivity contribution in [2.45, 2.75) is 25.3 Å². The Morgan fingerprint density at radius 2 is 2.05 bits per heavy atom. The second kappa shape index (κ2) is 5.24. The Hall–Kier alpha value is -0.290. The predicted octanol–water partition coefficient (Wildman–Crippen LogP) is 4.44. The van der Waals surface area contributed by atoms with Crippen molar-refractivity contribution in [3.8, 4) is 0 Å². The molecule has 3 nitrogen and oxygen atoms in total. The number of aromatic nitrogens is 2. The van der Waals surface area contributed by atoms with Crippen LogP contribution in [0.2, 0.25) is 10.0 Å². The number of halogens is 3. The van der Waals surface area contributed by atoms with Gasteiger partial charge in [-0.05, 0) is 53.2 Å². The molecular weight excluding hydrogens is 351 g/mol. The van der Waals surface area contributed by atoms with Gasteiger partial charge in [0.15, 0.2) is 4.73 Å². The van der Waals surface area contributed by atoms with Gasteiger partial charge in [-0.1, -0.05) is 23.2 Å². The first-order chi connectivity index (χ1) is 9.10. The molecule has 0 saturated heterocycles. The maximum absolute atomic E-state index is 9.27. The molecule has 1 N–H and O–H groups in total. The zero-order valence-electron chi connectivity index (χ0n) is 10.1. The van der Waals surface area contributed by atoms with Crippen LogP contribution in [-0.2, 0) is 0 Å². The molecule has 1 fully saturated rings. The Balaban J connectivity index is 2.08. The fourth-order valence-corrected chi connectivity index (χ4v) is 3.84. The summed E-state index contributed by atoms with van der Waals surface area (Å²) in [6.07, 6.45) is 3.07. The lowest BCUT2D eigenvalue weighted by Crippen LogP contribution is -2.07. The van der Waals surface area contributed by atoms with Gasteiger partial charge in [-0.15, -0.1) is 0 Å². The largest absolute Gasteiger partial charge is 0.396 e. The van der Waals surface area contributed by atoms with Crippen molar-refractivity contribution < 1.29 is 5.11 Å². The number of benzene rings is 1. The zero-order chi connectivity index (χ0) is 13.6. The lowest BCUT2D eigenvalue weighted by molar-refractivity contribution is 0.226. The van der Waals surface area contributed by atoms with Crippen molar-refractivity contribution in [3.05, 3.63) is 26.9 Å². The first-order valence-corrected chi connectivity index (χ1v) is 7.78. The molecule has 1 aromatic carbocycles. The van der Waals surface area contributed by atoms with Gasteiger partial charge in [-0.2, -0.15) is 0 Å². The number of aliphatic hydroxyl groups is 1. The van der Waals surface area contributed by atoms with Crippen LogP contribution >= 0.6 is 39.1 Å². The van der Waals surface area contributed by atoms with E-state index in [1.165, 1.54) is 0 Å². The highest BCUT2D eigenvalue weighted by atomic mass is 79.9. The Morgan fingerprint density at radius 1 is 1.32 bits per heavy atom. The van der Waals surface area contributed by atoms with Gasteiger partial charge in [0.1, 0.15) is 0 Å². The first kappa shape index (κ1) is 13.7. The highest BCUT2D eigenvalue weighted by Crippen LogP contribution is 2.39. The second-order valence-electron chi connectivity index (χ2n) is 5.02. The lowest BCUT2D eigenvalue weighted by atomic mass is 10.1. The van der Waals surface area contributed by atoms with E-state index < -0.39 is 0 Å². The summed E-state index contributed by atoms with van der Waals surface area (Å²) in [7, 11) is 0. The fraction of sp³-hybridized carbons (Fsp3) is 0.462. The van der Waals surface area contributed by atoms with E-state index in [4.69, 9.17) is 23.2 Å². The summed E-state index contributed by atoms with van der Waals surface area (Å²) in [6, 6.07) is 4.01. The molecule has 1 heterocycles. The smallest absolute Gasteiger partial charge is 0.178 e. The van der Waals surface area contributed by atoms with Crippen molar-refractivity contribution in [2.75, 3.05) is 6.61 Å². The van der Waals surface area contributed by atoms with E-state index in [2.05, 4.69) is 25.5 Å². The molecule has 1 aliphatic carbocycles. The van der Waals surface area contributed by atoms with E-state index in [9.17, 15) is 5.11 Å². The van der Waals surface area contributed by atoms with Crippen LogP contribution in [0.5, 0.6) is 0 Å². The van der Waals surface area contributed by atoms with Crippen molar-refractivity contribution in [1.82, 2.24) is 9.55 Å². The monoisotopic (exact) mass is 362 g/mol. The third-order valence-electron chi connectivity index (χ3n) is 3.83. The van der Waals surface area contributed by atoms with Gasteiger partial charge in [0, 0.05) is 12.6 Å². The van der Waals surface area contributed by atoms with Gasteiger partial charge in [-0.25, -0.2) is 4.98 Å². The molecule has 19 heavy (non-hydrogen) atoms. The summed E-state index contributed by atoms with van der Waals surface area (Å²) in [4.78, 5) is 4.48. The molecule has 6 heteroatoms. The molecule has 0 unspecified atom stereocenters. The Bertz CT molecular complexity index is 629. The number of nitrogens with zero attached hydrogens (tertiary/aromatic N) is 2. The van der Waals surface area contributed by atoms with Gasteiger partial charge in [0.05, 0.1) is 21.1 Å². The van der Waals surface area contributed by atoms with E-state index in [1.807, 2.05) is 6.07 Å². The average Bonchev–Trinajstić information content (AvgIpc) is 2.94. The number of fused-ring (bicyclic) bond motifs is 1. The summed E-state index contributed by atoms with van der Waals surface area (Å²) < 4.78 is 2.96. The predicted molar refractivity (Wildman–Crippen MR) is 80.9 cm³/mol. The summed E-state index contributed by atoms with van der Waals surface area (Å²) in [5, 5.41) is 10.3. The van der Waals surface area contributed by atoms with Crippen LogP contribution in [0.3, 0.4) is 0 Å². The Kier molecular flexibility index (Phi) is 3.78. The molecule has 3 rings (SSSR count). The van der Waals surface area contributed by atoms with Crippen LogP contribution in [0.15, 0.2) is 16.9 Å². The minimum atomic E-state index is 0.257. The van der Waals surface area contributed by atoms with Gasteiger partial charge < -0.3 is 9.67 Å². The van der Waals surface area contributed by atoms with E-state index in [0.717, 1.165) is 35.0 Å². The molecule has 1 aromatic heterocycles. The summed E-state index contributed by atoms with van der Waals surface area (Å²) in [5.41, 5.74) is 1.83. The van der Waals surface area contributed by atoms with Crippen molar-refractivity contribution in [3.63, 3.8) is 0 Å². The van der Waals surface area contributed by atoms with Crippen LogP contribution in [0.1, 0.15) is 25.3 Å². The molecule has 0 spiro atoms. The minimum Gasteiger partial charge on any atom is -0.396 e. The van der Waals surface area contributed by atoms with Crippen molar-refractivity contribution >= 4 is 50.2 Å². The maximum Gasteiger partial charge on any atom is 0.178 e. The second-order valence-corrected chi connectivity index (χ2v) is 6.55. The average molecular weight is 364 g/mol. The Morgan fingerprint density at radius 3 is 2.74 bits per heavy atom. The van der Waals surface area contributed by atoms with Crippen LogP contribution < -0.4 is 0 Å². The molecule has 0 bridgehead atoms.